The number of hydrogen-bond donors (Lipinski definition) is 3. The molecule has 16 heteroatoms. The molecule has 15 nitrogen and oxygen atoms in total. The standard InChI is InChI=1S/C40H59NO11.CH4O3S/c1-19-11-24-5-7-28-20(2)12-26(45-28)9-10-40-17-33-36(51-40)37-38(50-33)39(52-40)35-29(49-37)8-6-25(47-35)13-22(42)14-27-31(16-30(46-24)21(19)3)48-32(34(27)44-4)15-23(43)18-41;1-5(2,3)4/h19,23-39,43H,2-3,5-18,41H2,1,4H3;1H3,(H,2,3,4)/t19-,23+,24?,25-,26+,27+,28+,29+,30-,31+,32-,33?,34-,35+,36+,37+,38-,39+,40+;/m1./s1. The van der Waals surface area contributed by atoms with Crippen LogP contribution in [0, 0.1) is 11.8 Å². The topological polar surface area (TPSA) is 201 Å². The van der Waals surface area contributed by atoms with E-state index in [1.165, 1.54) is 0 Å². The number of methoxy groups -OCH3 is 1. The number of Topliss-reactive ketones (excluding diaryl/α,β-unsaturated/α-hetero) is 1. The van der Waals surface area contributed by atoms with E-state index in [1.807, 2.05) is 0 Å². The lowest BCUT2D eigenvalue weighted by Crippen LogP contribution is -2.61. The number of nitrogens with two attached hydrogens (primary N) is 1. The van der Waals surface area contributed by atoms with Crippen molar-refractivity contribution in [3.05, 3.63) is 24.3 Å². The maximum absolute atomic E-state index is 14.1. The largest absolute Gasteiger partial charge is 0.392 e. The summed E-state index contributed by atoms with van der Waals surface area (Å²) in [5.74, 6) is -0.619. The number of ether oxygens (including phenoxy) is 9. The Labute approximate surface area is 336 Å². The van der Waals surface area contributed by atoms with E-state index >= 15 is 0 Å². The summed E-state index contributed by atoms with van der Waals surface area (Å²) < 4.78 is 85.9. The molecule has 4 N–H and O–H groups in total. The van der Waals surface area contributed by atoms with Crippen LogP contribution in [0.2, 0.25) is 0 Å². The summed E-state index contributed by atoms with van der Waals surface area (Å²) in [6, 6.07) is 0. The van der Waals surface area contributed by atoms with Gasteiger partial charge in [-0.1, -0.05) is 20.1 Å². The van der Waals surface area contributed by atoms with Crippen molar-refractivity contribution in [3.63, 3.8) is 0 Å². The SMILES string of the molecule is C=C1C[C@@H]2CC[C@@]34CC5O[C@H]6[C@@H](O3)[C@H]3O[C@H](CC[C@@H]3O[C@H]6[C@H]5O4)CC(=O)C[C@@H]3[C@@H](OC)[C@@H](C[C@H](O)CN)O[C@H]3C[C@H]3OC(CC[C@@H]1O2)C[C@@H](C)C3=C.CS(=O)(=O)O. The molecule has 0 aromatic rings. The number of fused-ring (bicyclic) bond motifs is 6. The normalized spacial score (nSPS) is 48.8. The number of aliphatic hydroxyl groups is 1. The van der Waals surface area contributed by atoms with Gasteiger partial charge in [0.15, 0.2) is 5.79 Å². The van der Waals surface area contributed by atoms with E-state index in [9.17, 15) is 18.3 Å². The summed E-state index contributed by atoms with van der Waals surface area (Å²) in [5, 5.41) is 10.5. The molecule has 10 saturated heterocycles. The lowest BCUT2D eigenvalue weighted by Gasteiger charge is -2.47. The van der Waals surface area contributed by atoms with Gasteiger partial charge >= 0.3 is 0 Å². The Morgan fingerprint density at radius 2 is 1.51 bits per heavy atom. The van der Waals surface area contributed by atoms with Gasteiger partial charge in [0, 0.05) is 58.1 Å². The summed E-state index contributed by atoms with van der Waals surface area (Å²) in [6.45, 7) is 11.3. The minimum atomic E-state index is -3.67. The molecule has 19 atom stereocenters. The molecule has 0 radical (unpaired) electrons. The minimum Gasteiger partial charge on any atom is -0.392 e. The fourth-order valence-corrected chi connectivity index (χ4v) is 11.3. The van der Waals surface area contributed by atoms with E-state index in [4.69, 9.17) is 52.9 Å². The van der Waals surface area contributed by atoms with Gasteiger partial charge in [-0.3, -0.25) is 9.35 Å². The van der Waals surface area contributed by atoms with E-state index in [-0.39, 0.29) is 122 Å². The molecule has 322 valence electrons. The highest BCUT2D eigenvalue weighted by atomic mass is 32.2. The maximum atomic E-state index is 14.1. The third-order valence-electron chi connectivity index (χ3n) is 14.0. The third-order valence-corrected chi connectivity index (χ3v) is 14.0. The van der Waals surface area contributed by atoms with Crippen LogP contribution >= 0.6 is 0 Å². The average molecular weight is 826 g/mol. The monoisotopic (exact) mass is 825 g/mol. The number of carbonyl (C=O) groups is 1. The Morgan fingerprint density at radius 3 is 2.26 bits per heavy atom. The van der Waals surface area contributed by atoms with Crippen LogP contribution in [0.5, 0.6) is 0 Å². The Bertz CT molecular complexity index is 1600. The lowest BCUT2D eigenvalue weighted by atomic mass is 9.81. The van der Waals surface area contributed by atoms with Crippen LogP contribution in [0.1, 0.15) is 90.4 Å². The van der Waals surface area contributed by atoms with Gasteiger partial charge in [0.2, 0.25) is 0 Å². The quantitative estimate of drug-likeness (QED) is 0.276. The van der Waals surface area contributed by atoms with Crippen molar-refractivity contribution in [1.82, 2.24) is 0 Å². The summed E-state index contributed by atoms with van der Waals surface area (Å²) in [4.78, 5) is 14.1. The van der Waals surface area contributed by atoms with Crippen LogP contribution in [0.15, 0.2) is 24.3 Å². The molecular weight excluding hydrogens is 763 g/mol. The van der Waals surface area contributed by atoms with Crippen molar-refractivity contribution in [2.75, 3.05) is 19.9 Å². The first-order chi connectivity index (χ1) is 27.1. The van der Waals surface area contributed by atoms with Crippen LogP contribution in [-0.2, 0) is 57.5 Å². The van der Waals surface area contributed by atoms with E-state index in [0.29, 0.717) is 31.9 Å². The molecule has 10 heterocycles. The summed E-state index contributed by atoms with van der Waals surface area (Å²) in [5.41, 5.74) is 8.01. The Balaban J connectivity index is 0.000000859. The zero-order chi connectivity index (χ0) is 40.4. The zero-order valence-electron chi connectivity index (χ0n) is 33.5. The van der Waals surface area contributed by atoms with Gasteiger partial charge in [0.05, 0.1) is 73.4 Å². The molecule has 57 heavy (non-hydrogen) atoms. The van der Waals surface area contributed by atoms with Gasteiger partial charge in [-0.2, -0.15) is 8.42 Å². The van der Waals surface area contributed by atoms with Gasteiger partial charge < -0.3 is 53.5 Å². The van der Waals surface area contributed by atoms with Crippen molar-refractivity contribution in [1.29, 1.82) is 0 Å². The Kier molecular flexibility index (Phi) is 12.5. The first-order valence-electron chi connectivity index (χ1n) is 21.1. The Hall–Kier alpha value is -1.38. The van der Waals surface area contributed by atoms with Gasteiger partial charge in [-0.25, -0.2) is 0 Å². The molecule has 0 amide bonds. The minimum absolute atomic E-state index is 0.0158. The fraction of sp³-hybridized carbons (Fsp3) is 0.878. The van der Waals surface area contributed by atoms with Crippen LogP contribution < -0.4 is 5.73 Å². The molecule has 10 aliphatic heterocycles. The van der Waals surface area contributed by atoms with E-state index in [1.54, 1.807) is 7.11 Å². The van der Waals surface area contributed by atoms with Crippen LogP contribution in [0.3, 0.4) is 0 Å². The first kappa shape index (κ1) is 42.3. The van der Waals surface area contributed by atoms with Gasteiger partial charge in [0.1, 0.15) is 36.3 Å². The second-order valence-corrected chi connectivity index (χ2v) is 19.6. The van der Waals surface area contributed by atoms with Crippen molar-refractivity contribution in [2.45, 2.75) is 194 Å². The fourth-order valence-electron chi connectivity index (χ4n) is 11.3. The van der Waals surface area contributed by atoms with E-state index < -0.39 is 28.1 Å². The highest BCUT2D eigenvalue weighted by Crippen LogP contribution is 2.54. The molecule has 12 bridgehead atoms. The van der Waals surface area contributed by atoms with Crippen LogP contribution in [0.25, 0.3) is 0 Å². The molecule has 0 saturated carbocycles. The molecule has 0 aromatic heterocycles. The Morgan fingerprint density at radius 1 is 0.825 bits per heavy atom. The molecule has 10 aliphatic rings. The van der Waals surface area contributed by atoms with Crippen molar-refractivity contribution in [3.8, 4) is 0 Å². The molecular formula is C41H63NO14S. The van der Waals surface area contributed by atoms with Gasteiger partial charge in [-0.05, 0) is 62.0 Å². The predicted octanol–water partition coefficient (Wildman–Crippen LogP) is 2.94. The number of rotatable bonds is 4. The second kappa shape index (κ2) is 16.8. The number of carbonyl (C=O) groups excluding carboxylic acids is 1. The molecule has 2 unspecified atom stereocenters. The van der Waals surface area contributed by atoms with Crippen molar-refractivity contribution >= 4 is 15.9 Å². The molecule has 0 aromatic carbocycles. The summed E-state index contributed by atoms with van der Waals surface area (Å²) in [6.07, 6.45) is 5.57. The first-order valence-corrected chi connectivity index (χ1v) is 22.9. The van der Waals surface area contributed by atoms with Crippen LogP contribution in [0.4, 0.5) is 0 Å². The lowest BCUT2D eigenvalue weighted by molar-refractivity contribution is -0.292. The molecule has 1 spiro atoms. The van der Waals surface area contributed by atoms with E-state index in [2.05, 4.69) is 20.1 Å². The number of hydrogen-bond acceptors (Lipinski definition) is 14. The maximum Gasteiger partial charge on any atom is 0.261 e. The van der Waals surface area contributed by atoms with Crippen LogP contribution in [-0.4, -0.2) is 147 Å². The highest BCUT2D eigenvalue weighted by molar-refractivity contribution is 7.85. The highest BCUT2D eigenvalue weighted by Gasteiger charge is 2.68. The smallest absolute Gasteiger partial charge is 0.261 e. The molecule has 10 rings (SSSR count). The predicted molar refractivity (Wildman–Crippen MR) is 204 cm³/mol. The second-order valence-electron chi connectivity index (χ2n) is 18.2. The third kappa shape index (κ3) is 9.00. The molecule has 10 fully saturated rings. The van der Waals surface area contributed by atoms with Gasteiger partial charge in [-0.15, -0.1) is 0 Å². The number of aliphatic hydroxyl groups excluding tert-OH is 1. The average Bonchev–Trinajstić information content (AvgIpc) is 3.82. The zero-order valence-corrected chi connectivity index (χ0v) is 34.3. The number of ketones is 1. The summed E-state index contributed by atoms with van der Waals surface area (Å²) in [7, 11) is -2.01. The molecule has 0 aliphatic carbocycles. The van der Waals surface area contributed by atoms with Crippen molar-refractivity contribution < 1.29 is 65.5 Å². The van der Waals surface area contributed by atoms with Crippen molar-refractivity contribution in [2.24, 2.45) is 17.6 Å². The summed E-state index contributed by atoms with van der Waals surface area (Å²) >= 11 is 0. The van der Waals surface area contributed by atoms with E-state index in [0.717, 1.165) is 56.1 Å². The van der Waals surface area contributed by atoms with Gasteiger partial charge in [0.25, 0.3) is 10.1 Å².